The third-order valence-electron chi connectivity index (χ3n) is 2.25. The average Bonchev–Trinajstić information content (AvgIpc) is 2.29. The van der Waals surface area contributed by atoms with Crippen molar-refractivity contribution in [3.63, 3.8) is 0 Å². The molecular weight excluding hydrogens is 286 g/mol. The predicted octanol–water partition coefficient (Wildman–Crippen LogP) is 3.99. The monoisotopic (exact) mass is 293 g/mol. The number of halogens is 1. The first-order valence-electron chi connectivity index (χ1n) is 4.68. The van der Waals surface area contributed by atoms with Gasteiger partial charge in [0, 0.05) is 11.0 Å². The van der Waals surface area contributed by atoms with Gasteiger partial charge in [0.05, 0.1) is 4.47 Å². The Kier molecular flexibility index (Phi) is 3.31. The van der Waals surface area contributed by atoms with Crippen molar-refractivity contribution in [1.29, 1.82) is 0 Å². The molecule has 0 spiro atoms. The lowest BCUT2D eigenvalue weighted by Gasteiger charge is -2.03. The Morgan fingerprint density at radius 1 is 1.00 bits per heavy atom. The van der Waals surface area contributed by atoms with E-state index in [0.717, 1.165) is 11.1 Å². The lowest BCUT2D eigenvalue weighted by atomic mass is 10.1. The van der Waals surface area contributed by atoms with E-state index in [1.807, 2.05) is 42.5 Å². The Bertz CT molecular complexity index is 528. The molecule has 0 heterocycles. The van der Waals surface area contributed by atoms with Crippen LogP contribution in [0.3, 0.4) is 0 Å². The van der Waals surface area contributed by atoms with E-state index in [9.17, 15) is 4.91 Å². The zero-order valence-electron chi connectivity index (χ0n) is 8.26. The van der Waals surface area contributed by atoms with Crippen molar-refractivity contribution in [2.45, 2.75) is 0 Å². The second kappa shape index (κ2) is 4.72. The van der Waals surface area contributed by atoms with Crippen molar-refractivity contribution in [2.24, 2.45) is 0 Å². The summed E-state index contributed by atoms with van der Waals surface area (Å²) in [6, 6.07) is 15.4. The second-order valence-electron chi connectivity index (χ2n) is 3.29. The van der Waals surface area contributed by atoms with Crippen LogP contribution in [0.15, 0.2) is 53.0 Å². The minimum absolute atomic E-state index is 0.429. The molecule has 0 unspecified atom stereocenters. The first kappa shape index (κ1) is 11.2. The number of benzene rings is 2. The van der Waals surface area contributed by atoms with Crippen molar-refractivity contribution >= 4 is 34.4 Å². The van der Waals surface area contributed by atoms with Gasteiger partial charge >= 0.3 is 0 Å². The smallest absolute Gasteiger partial charge is 0.252 e. The summed E-state index contributed by atoms with van der Waals surface area (Å²) in [5.41, 5.74) is 2.61. The summed E-state index contributed by atoms with van der Waals surface area (Å²) in [7, 11) is 0. The van der Waals surface area contributed by atoms with Gasteiger partial charge in [-0.15, -0.1) is 0 Å². The van der Waals surface area contributed by atoms with Crippen LogP contribution in [0.25, 0.3) is 11.1 Å². The van der Waals surface area contributed by atoms with E-state index < -0.39 is 0 Å². The van der Waals surface area contributed by atoms with E-state index in [4.69, 9.17) is 0 Å². The molecule has 0 saturated carbocycles. The Labute approximate surface area is 108 Å². The Morgan fingerprint density at radius 3 is 2.25 bits per heavy atom. The molecule has 0 radical (unpaired) electrons. The summed E-state index contributed by atoms with van der Waals surface area (Å²) in [6.45, 7) is 0. The molecule has 2 rings (SSSR count). The van der Waals surface area contributed by atoms with Crippen molar-refractivity contribution in [1.82, 2.24) is 0 Å². The van der Waals surface area contributed by atoms with E-state index in [1.165, 1.54) is 0 Å². The molecule has 16 heavy (non-hydrogen) atoms. The first-order chi connectivity index (χ1) is 7.68. The molecule has 80 valence electrons. The van der Waals surface area contributed by atoms with Gasteiger partial charge in [0.15, 0.2) is 0 Å². The Hall–Kier alpha value is -1.26. The maximum Gasteiger partial charge on any atom is 0.252 e. The van der Waals surface area contributed by atoms with Crippen LogP contribution in [0, 0.1) is 4.91 Å². The van der Waals surface area contributed by atoms with Crippen LogP contribution in [0.2, 0.25) is 0 Å². The summed E-state index contributed by atoms with van der Waals surface area (Å²) >= 11 is 7.88. The lowest BCUT2D eigenvalue weighted by molar-refractivity contribution is -0.263. The van der Waals surface area contributed by atoms with Gasteiger partial charge in [0.2, 0.25) is 0 Å². The lowest BCUT2D eigenvalue weighted by Crippen LogP contribution is -1.89. The number of hydrogen-bond acceptors (Lipinski definition) is 2. The van der Waals surface area contributed by atoms with E-state index in [2.05, 4.69) is 28.7 Å². The van der Waals surface area contributed by atoms with E-state index in [0.29, 0.717) is 14.3 Å². The van der Waals surface area contributed by atoms with Gasteiger partial charge in [-0.1, -0.05) is 34.5 Å². The molecule has 2 aromatic rings. The second-order valence-corrected chi connectivity index (χ2v) is 4.48. The van der Waals surface area contributed by atoms with E-state index in [1.54, 1.807) is 6.07 Å². The fourth-order valence-corrected chi connectivity index (χ4v) is 2.28. The fraction of sp³-hybridized carbons (Fsp3) is 0. The van der Waals surface area contributed by atoms with Crippen LogP contribution < -0.4 is 0 Å². The highest BCUT2D eigenvalue weighted by atomic mass is 79.9. The van der Waals surface area contributed by atoms with Gasteiger partial charge in [-0.25, -0.2) is 0 Å². The molecule has 0 aliphatic rings. The zero-order chi connectivity index (χ0) is 11.5. The summed E-state index contributed by atoms with van der Waals surface area (Å²) in [5.74, 6) is 0. The standard InChI is InChI=1S/C12H8BrNOS/c13-11-8-10(6-7-12(11)14(15)16)9-4-2-1-3-5-9/h1-8H. The highest BCUT2D eigenvalue weighted by molar-refractivity contribution is 9.10. The van der Waals surface area contributed by atoms with Crippen LogP contribution in [-0.4, -0.2) is 4.17 Å². The number of nitrogens with zero attached hydrogens (tertiary/aromatic N) is 1. The van der Waals surface area contributed by atoms with Crippen LogP contribution >= 0.6 is 15.9 Å². The number of nitroso groups, excluding NO2 is 1. The van der Waals surface area contributed by atoms with Gasteiger partial charge < -0.3 is 12.8 Å². The van der Waals surface area contributed by atoms with Crippen molar-refractivity contribution in [3.05, 3.63) is 57.9 Å². The normalized spacial score (nSPS) is 10.1. The molecular formula is C12H8BrNOS. The summed E-state index contributed by atoms with van der Waals surface area (Å²) < 4.78 is 1.14. The first-order valence-corrected chi connectivity index (χ1v) is 5.83. The number of hydrogen-bond donors (Lipinski definition) is 0. The molecule has 0 N–H and O–H groups in total. The van der Waals surface area contributed by atoms with Crippen molar-refractivity contribution in [2.75, 3.05) is 0 Å². The molecule has 0 fully saturated rings. The highest BCUT2D eigenvalue weighted by Crippen LogP contribution is 2.30. The summed E-state index contributed by atoms with van der Waals surface area (Å²) in [6.07, 6.45) is 0. The molecule has 2 nitrogen and oxygen atoms in total. The predicted molar refractivity (Wildman–Crippen MR) is 70.2 cm³/mol. The van der Waals surface area contributed by atoms with Gasteiger partial charge in [-0.05, 0) is 39.2 Å². The molecule has 0 aromatic heterocycles. The topological polar surface area (TPSA) is 20.1 Å². The maximum atomic E-state index is 11.0. The third kappa shape index (κ3) is 2.28. The molecule has 0 aliphatic heterocycles. The quantitative estimate of drug-likeness (QED) is 0.616. The van der Waals surface area contributed by atoms with Gasteiger partial charge in [-0.3, -0.25) is 0 Å². The average molecular weight is 294 g/mol. The Morgan fingerprint density at radius 2 is 1.69 bits per heavy atom. The molecule has 0 amide bonds. The third-order valence-corrected chi connectivity index (χ3v) is 3.08. The van der Waals surface area contributed by atoms with Gasteiger partial charge in [0.1, 0.15) is 0 Å². The van der Waals surface area contributed by atoms with Crippen LogP contribution in [0.4, 0.5) is 5.69 Å². The SMILES string of the molecule is O=[N+]([S-])c1ccc(-c2ccccc2)cc1Br. The van der Waals surface area contributed by atoms with Crippen LogP contribution in [0.1, 0.15) is 0 Å². The van der Waals surface area contributed by atoms with Gasteiger partial charge in [-0.2, -0.15) is 0 Å². The summed E-state index contributed by atoms with van der Waals surface area (Å²) in [5, 5.41) is 0. The van der Waals surface area contributed by atoms with Crippen molar-refractivity contribution in [3.8, 4) is 11.1 Å². The minimum atomic E-state index is 0.429. The molecule has 4 heteroatoms. The minimum Gasteiger partial charge on any atom is -0.364 e. The van der Waals surface area contributed by atoms with E-state index in [-0.39, 0.29) is 0 Å². The molecule has 0 atom stereocenters. The van der Waals surface area contributed by atoms with E-state index >= 15 is 0 Å². The zero-order valence-corrected chi connectivity index (χ0v) is 10.7. The maximum absolute atomic E-state index is 11.0. The highest BCUT2D eigenvalue weighted by Gasteiger charge is 2.09. The van der Waals surface area contributed by atoms with Crippen LogP contribution in [-0.2, 0) is 12.8 Å². The molecule has 0 saturated heterocycles. The van der Waals surface area contributed by atoms with Crippen molar-refractivity contribution < 1.29 is 4.17 Å². The molecule has 0 aliphatic carbocycles. The van der Waals surface area contributed by atoms with Crippen LogP contribution in [0.5, 0.6) is 0 Å². The summed E-state index contributed by atoms with van der Waals surface area (Å²) in [4.78, 5) is 11.0. The number of rotatable bonds is 2. The molecule has 2 aromatic carbocycles. The Balaban J connectivity index is 2.46. The molecule has 0 bridgehead atoms. The largest absolute Gasteiger partial charge is 0.364 e. The fourth-order valence-electron chi connectivity index (χ4n) is 1.47. The van der Waals surface area contributed by atoms with Gasteiger partial charge in [0.25, 0.3) is 5.69 Å².